The zero-order valence-corrected chi connectivity index (χ0v) is 12.8. The van der Waals surface area contributed by atoms with Crippen molar-refractivity contribution in [1.29, 1.82) is 10.5 Å². The molecule has 0 radical (unpaired) electrons. The molecule has 1 unspecified atom stereocenters. The average molecular weight is 288 g/mol. The summed E-state index contributed by atoms with van der Waals surface area (Å²) in [6.07, 6.45) is 3.51. The first-order chi connectivity index (χ1) is 9.58. The zero-order chi connectivity index (χ0) is 14.7. The lowest BCUT2D eigenvalue weighted by Gasteiger charge is -2.22. The topological polar surface area (TPSA) is 76.8 Å². The minimum Gasteiger partial charge on any atom is -0.396 e. The van der Waals surface area contributed by atoms with E-state index in [0.717, 1.165) is 36.9 Å². The van der Waals surface area contributed by atoms with Crippen LogP contribution in [0.5, 0.6) is 0 Å². The van der Waals surface area contributed by atoms with Gasteiger partial charge in [-0.2, -0.15) is 10.5 Å². The van der Waals surface area contributed by atoms with Gasteiger partial charge in [0.15, 0.2) is 0 Å². The number of hydrogen-bond acceptors (Lipinski definition) is 5. The van der Waals surface area contributed by atoms with Gasteiger partial charge >= 0.3 is 0 Å². The van der Waals surface area contributed by atoms with Gasteiger partial charge in [0, 0.05) is 13.1 Å². The molecule has 0 aliphatic carbocycles. The van der Waals surface area contributed by atoms with E-state index in [1.165, 1.54) is 17.8 Å². The highest BCUT2D eigenvalue weighted by molar-refractivity contribution is 7.17. The fraction of sp³-hybridized carbons (Fsp3) is 0.600. The first kappa shape index (κ1) is 14.7. The maximum atomic E-state index is 9.29. The largest absolute Gasteiger partial charge is 0.396 e. The highest BCUT2D eigenvalue weighted by atomic mass is 32.1. The van der Waals surface area contributed by atoms with E-state index in [0.29, 0.717) is 22.0 Å². The number of thiophene rings is 1. The van der Waals surface area contributed by atoms with Crippen LogP contribution >= 0.6 is 11.3 Å². The lowest BCUT2D eigenvalue weighted by Crippen LogP contribution is -2.24. The molecule has 1 aromatic heterocycles. The number of nitriles is 2. The lowest BCUT2D eigenvalue weighted by molar-refractivity contribution is 0.351. The molecule has 0 aromatic carbocycles. The number of nitrogen functional groups attached to an aromatic ring is 1. The molecule has 1 aliphatic rings. The van der Waals surface area contributed by atoms with Gasteiger partial charge in [-0.25, -0.2) is 0 Å². The molecule has 2 heterocycles. The molecular weight excluding hydrogens is 268 g/mol. The Kier molecular flexibility index (Phi) is 4.52. The number of nitrogens with two attached hydrogens (primary N) is 1. The first-order valence-electron chi connectivity index (χ1n) is 7.05. The van der Waals surface area contributed by atoms with Crippen molar-refractivity contribution in [2.45, 2.75) is 33.1 Å². The van der Waals surface area contributed by atoms with E-state index in [1.54, 1.807) is 0 Å². The van der Waals surface area contributed by atoms with E-state index in [-0.39, 0.29) is 0 Å². The van der Waals surface area contributed by atoms with Crippen molar-refractivity contribution in [3.8, 4) is 12.1 Å². The maximum Gasteiger partial charge on any atom is 0.131 e. The van der Waals surface area contributed by atoms with Gasteiger partial charge < -0.3 is 10.6 Å². The molecule has 2 rings (SSSR count). The summed E-state index contributed by atoms with van der Waals surface area (Å²) in [5.41, 5.74) is 6.71. The molecular formula is C15H20N4S. The van der Waals surface area contributed by atoms with Gasteiger partial charge in [0.2, 0.25) is 0 Å². The van der Waals surface area contributed by atoms with Gasteiger partial charge in [-0.3, -0.25) is 0 Å². The molecule has 1 aliphatic heterocycles. The number of rotatable bonds is 2. The van der Waals surface area contributed by atoms with E-state index in [4.69, 9.17) is 11.0 Å². The van der Waals surface area contributed by atoms with Crippen LogP contribution in [0.1, 0.15) is 43.6 Å². The summed E-state index contributed by atoms with van der Waals surface area (Å²) in [4.78, 5) is 2.70. The van der Waals surface area contributed by atoms with Gasteiger partial charge in [0.05, 0.1) is 5.69 Å². The Hall–Kier alpha value is -1.72. The van der Waals surface area contributed by atoms with Crippen LogP contribution in [-0.2, 0) is 0 Å². The average Bonchev–Trinajstić information content (AvgIpc) is 2.62. The predicted octanol–water partition coefficient (Wildman–Crippen LogP) is 3.34. The Morgan fingerprint density at radius 1 is 1.25 bits per heavy atom. The Morgan fingerprint density at radius 3 is 2.60 bits per heavy atom. The summed E-state index contributed by atoms with van der Waals surface area (Å²) in [5, 5.41) is 19.2. The number of nitrogens with zero attached hydrogens (tertiary/aromatic N) is 3. The van der Waals surface area contributed by atoms with Crippen LogP contribution < -0.4 is 10.6 Å². The molecule has 106 valence electrons. The molecule has 0 saturated carbocycles. The highest BCUT2D eigenvalue weighted by Crippen LogP contribution is 2.39. The van der Waals surface area contributed by atoms with Crippen molar-refractivity contribution in [3.05, 3.63) is 10.4 Å². The molecule has 5 heteroatoms. The Labute approximate surface area is 124 Å². The molecule has 1 fully saturated rings. The molecule has 0 spiro atoms. The third-order valence-corrected chi connectivity index (χ3v) is 5.31. The van der Waals surface area contributed by atoms with Crippen LogP contribution in [0.25, 0.3) is 0 Å². The smallest absolute Gasteiger partial charge is 0.131 e. The summed E-state index contributed by atoms with van der Waals surface area (Å²) in [6, 6.07) is 4.25. The third-order valence-electron chi connectivity index (χ3n) is 4.14. The summed E-state index contributed by atoms with van der Waals surface area (Å²) in [7, 11) is 0. The molecule has 2 N–H and O–H groups in total. The van der Waals surface area contributed by atoms with Crippen molar-refractivity contribution >= 4 is 22.0 Å². The normalized spacial score (nSPS) is 19.4. The molecule has 0 amide bonds. The highest BCUT2D eigenvalue weighted by Gasteiger charge is 2.24. The van der Waals surface area contributed by atoms with Crippen LogP contribution in [0.15, 0.2) is 0 Å². The maximum absolute atomic E-state index is 9.29. The van der Waals surface area contributed by atoms with Crippen LogP contribution in [0.2, 0.25) is 0 Å². The molecule has 4 nitrogen and oxygen atoms in total. The SMILES string of the molecule is CC(C)C1CCCN(c2sc(C#N)c(N)c2C#N)CC1. The van der Waals surface area contributed by atoms with E-state index in [1.807, 2.05) is 0 Å². The second-order valence-corrected chi connectivity index (χ2v) is 6.67. The zero-order valence-electron chi connectivity index (χ0n) is 12.0. The summed E-state index contributed by atoms with van der Waals surface area (Å²) in [5.74, 6) is 1.45. The molecule has 1 atom stereocenters. The van der Waals surface area contributed by atoms with Crippen LogP contribution in [0.3, 0.4) is 0 Å². The fourth-order valence-electron chi connectivity index (χ4n) is 2.84. The van der Waals surface area contributed by atoms with Crippen LogP contribution in [0, 0.1) is 34.5 Å². The van der Waals surface area contributed by atoms with Crippen LogP contribution in [-0.4, -0.2) is 13.1 Å². The van der Waals surface area contributed by atoms with Gasteiger partial charge in [-0.15, -0.1) is 11.3 Å². The summed E-state index contributed by atoms with van der Waals surface area (Å²) < 4.78 is 0. The van der Waals surface area contributed by atoms with E-state index in [9.17, 15) is 5.26 Å². The van der Waals surface area contributed by atoms with Crippen molar-refractivity contribution in [2.75, 3.05) is 23.7 Å². The van der Waals surface area contributed by atoms with E-state index < -0.39 is 0 Å². The van der Waals surface area contributed by atoms with E-state index >= 15 is 0 Å². The predicted molar refractivity (Wildman–Crippen MR) is 82.6 cm³/mol. The standard InChI is InChI=1S/C15H20N4S/c1-10(2)11-4-3-6-19(7-5-11)15-12(8-16)14(18)13(9-17)20-15/h10-11H,3-7,18H2,1-2H3. The molecule has 1 aromatic rings. The van der Waals surface area contributed by atoms with Gasteiger partial charge in [-0.1, -0.05) is 13.8 Å². The van der Waals surface area contributed by atoms with Gasteiger partial charge in [0.25, 0.3) is 0 Å². The fourth-order valence-corrected chi connectivity index (χ4v) is 3.86. The number of anilines is 2. The second kappa shape index (κ2) is 6.15. The van der Waals surface area contributed by atoms with Crippen molar-refractivity contribution in [2.24, 2.45) is 11.8 Å². The van der Waals surface area contributed by atoms with Crippen molar-refractivity contribution in [3.63, 3.8) is 0 Å². The van der Waals surface area contributed by atoms with Gasteiger partial charge in [0.1, 0.15) is 27.6 Å². The second-order valence-electron chi connectivity index (χ2n) is 5.67. The van der Waals surface area contributed by atoms with E-state index in [2.05, 4.69) is 30.9 Å². The first-order valence-corrected chi connectivity index (χ1v) is 7.87. The minimum atomic E-state index is 0.347. The minimum absolute atomic E-state index is 0.347. The lowest BCUT2D eigenvalue weighted by atomic mass is 9.89. The summed E-state index contributed by atoms with van der Waals surface area (Å²) in [6.45, 7) is 6.45. The Balaban J connectivity index is 2.25. The van der Waals surface area contributed by atoms with Crippen molar-refractivity contribution < 1.29 is 0 Å². The summed E-state index contributed by atoms with van der Waals surface area (Å²) >= 11 is 1.35. The Bertz CT molecular complexity index is 562. The quantitative estimate of drug-likeness (QED) is 0.905. The van der Waals surface area contributed by atoms with Crippen molar-refractivity contribution in [1.82, 2.24) is 0 Å². The van der Waals surface area contributed by atoms with Gasteiger partial charge in [-0.05, 0) is 31.1 Å². The van der Waals surface area contributed by atoms with Crippen LogP contribution in [0.4, 0.5) is 10.7 Å². The monoisotopic (exact) mass is 288 g/mol. The number of hydrogen-bond donors (Lipinski definition) is 1. The third kappa shape index (κ3) is 2.73. The Morgan fingerprint density at radius 2 is 2.00 bits per heavy atom. The molecule has 20 heavy (non-hydrogen) atoms. The molecule has 0 bridgehead atoms. The molecule has 1 saturated heterocycles.